The quantitative estimate of drug-likeness (QED) is 0.438. The molecule has 6 nitrogen and oxygen atoms in total. The number of rotatable bonds is 3. The molecule has 1 heterocycles. The lowest BCUT2D eigenvalue weighted by atomic mass is 10.1. The zero-order chi connectivity index (χ0) is 15.9. The molecule has 0 bridgehead atoms. The van der Waals surface area contributed by atoms with Crippen molar-refractivity contribution in [2.75, 3.05) is 5.73 Å². The molecule has 0 aliphatic rings. The van der Waals surface area contributed by atoms with Crippen LogP contribution in [0.3, 0.4) is 0 Å². The number of nitro groups is 1. The Labute approximate surface area is 129 Å². The molecule has 3 aromatic rings. The fourth-order valence-corrected chi connectivity index (χ4v) is 2.46. The van der Waals surface area contributed by atoms with E-state index in [1.54, 1.807) is 18.2 Å². The second-order valence-electron chi connectivity index (χ2n) is 4.74. The van der Waals surface area contributed by atoms with E-state index in [-0.39, 0.29) is 22.9 Å². The van der Waals surface area contributed by atoms with Gasteiger partial charge in [-0.05, 0) is 18.2 Å². The van der Waals surface area contributed by atoms with Crippen LogP contribution >= 0.6 is 11.6 Å². The third-order valence-electron chi connectivity index (χ3n) is 3.35. The van der Waals surface area contributed by atoms with E-state index >= 15 is 0 Å². The fraction of sp³-hybridized carbons (Fsp3) is 0. The number of H-pyrrole nitrogens is 1. The Kier molecular flexibility index (Phi) is 3.30. The predicted octanol–water partition coefficient (Wildman–Crippen LogP) is 3.54. The van der Waals surface area contributed by atoms with Crippen molar-refractivity contribution < 1.29 is 9.72 Å². The van der Waals surface area contributed by atoms with Gasteiger partial charge in [0.1, 0.15) is 5.69 Å². The molecule has 0 amide bonds. The molecule has 2 aromatic carbocycles. The van der Waals surface area contributed by atoms with E-state index in [4.69, 9.17) is 17.3 Å². The first kappa shape index (κ1) is 14.1. The molecule has 110 valence electrons. The normalized spacial score (nSPS) is 10.8. The van der Waals surface area contributed by atoms with Crippen LogP contribution in [0.25, 0.3) is 10.9 Å². The van der Waals surface area contributed by atoms with Crippen molar-refractivity contribution in [3.05, 3.63) is 68.9 Å². The van der Waals surface area contributed by atoms with Gasteiger partial charge in [-0.25, -0.2) is 0 Å². The minimum atomic E-state index is -0.510. The van der Waals surface area contributed by atoms with Crippen molar-refractivity contribution >= 4 is 39.7 Å². The van der Waals surface area contributed by atoms with E-state index in [1.165, 1.54) is 24.3 Å². The summed E-state index contributed by atoms with van der Waals surface area (Å²) >= 11 is 5.88. The summed E-state index contributed by atoms with van der Waals surface area (Å²) in [4.78, 5) is 25.7. The van der Waals surface area contributed by atoms with Gasteiger partial charge in [0, 0.05) is 33.6 Å². The van der Waals surface area contributed by atoms with Gasteiger partial charge in [-0.2, -0.15) is 0 Å². The van der Waals surface area contributed by atoms with E-state index in [9.17, 15) is 14.9 Å². The average Bonchev–Trinajstić information content (AvgIpc) is 2.83. The standard InChI is InChI=1S/C15H10ClN3O3/c16-9-3-1-2-8(6-9)15(20)14-13(17)11-7-10(19(21)22)4-5-12(11)18-14/h1-7,18H,17H2. The molecular weight excluding hydrogens is 306 g/mol. The number of carbonyl (C=O) groups excluding carboxylic acids is 1. The highest BCUT2D eigenvalue weighted by Gasteiger charge is 2.19. The Balaban J connectivity index is 2.13. The first-order chi connectivity index (χ1) is 10.5. The van der Waals surface area contributed by atoms with Crippen molar-refractivity contribution in [1.82, 2.24) is 4.98 Å². The molecule has 0 aliphatic carbocycles. The SMILES string of the molecule is Nc1c(C(=O)c2cccc(Cl)c2)[nH]c2ccc([N+](=O)[O-])cc12. The number of nitro benzene ring substituents is 1. The minimum absolute atomic E-state index is 0.0834. The van der Waals surface area contributed by atoms with Crippen LogP contribution in [0.15, 0.2) is 42.5 Å². The Morgan fingerprint density at radius 3 is 2.68 bits per heavy atom. The van der Waals surface area contributed by atoms with Crippen LogP contribution < -0.4 is 5.73 Å². The number of nitrogens with one attached hydrogen (secondary N) is 1. The lowest BCUT2D eigenvalue weighted by Gasteiger charge is -2.00. The van der Waals surface area contributed by atoms with Crippen molar-refractivity contribution in [2.45, 2.75) is 0 Å². The van der Waals surface area contributed by atoms with Crippen LogP contribution in [0.2, 0.25) is 5.02 Å². The van der Waals surface area contributed by atoms with Crippen molar-refractivity contribution in [3.63, 3.8) is 0 Å². The maximum Gasteiger partial charge on any atom is 0.270 e. The van der Waals surface area contributed by atoms with Crippen LogP contribution in [-0.4, -0.2) is 15.7 Å². The number of fused-ring (bicyclic) bond motifs is 1. The van der Waals surface area contributed by atoms with Crippen molar-refractivity contribution in [3.8, 4) is 0 Å². The lowest BCUT2D eigenvalue weighted by molar-refractivity contribution is -0.384. The Morgan fingerprint density at radius 1 is 1.23 bits per heavy atom. The number of ketones is 1. The van der Waals surface area contributed by atoms with Gasteiger partial charge in [-0.3, -0.25) is 14.9 Å². The van der Waals surface area contributed by atoms with E-state index in [2.05, 4.69) is 4.98 Å². The number of aromatic amines is 1. The summed E-state index contributed by atoms with van der Waals surface area (Å²) < 4.78 is 0. The number of hydrogen-bond donors (Lipinski definition) is 2. The summed E-state index contributed by atoms with van der Waals surface area (Å²) in [6, 6.07) is 10.7. The van der Waals surface area contributed by atoms with Gasteiger partial charge in [-0.1, -0.05) is 23.7 Å². The zero-order valence-corrected chi connectivity index (χ0v) is 11.9. The van der Waals surface area contributed by atoms with Crippen LogP contribution in [0.5, 0.6) is 0 Å². The molecule has 7 heteroatoms. The molecule has 0 atom stereocenters. The largest absolute Gasteiger partial charge is 0.396 e. The molecule has 0 fully saturated rings. The summed E-state index contributed by atoms with van der Waals surface area (Å²) in [5, 5.41) is 11.7. The van der Waals surface area contributed by atoms with E-state index in [1.807, 2.05) is 0 Å². The van der Waals surface area contributed by atoms with Crippen LogP contribution in [0.1, 0.15) is 16.1 Å². The first-order valence-electron chi connectivity index (χ1n) is 6.33. The summed E-state index contributed by atoms with van der Waals surface area (Å²) in [7, 11) is 0. The van der Waals surface area contributed by atoms with Crippen molar-refractivity contribution in [1.29, 1.82) is 0 Å². The molecule has 0 aliphatic heterocycles. The lowest BCUT2D eigenvalue weighted by Crippen LogP contribution is -2.04. The summed E-state index contributed by atoms with van der Waals surface area (Å²) in [6.07, 6.45) is 0. The molecule has 3 N–H and O–H groups in total. The van der Waals surface area contributed by atoms with Crippen LogP contribution in [-0.2, 0) is 0 Å². The number of halogens is 1. The molecule has 3 rings (SSSR count). The summed E-state index contributed by atoms with van der Waals surface area (Å²) in [6.45, 7) is 0. The van der Waals surface area contributed by atoms with Crippen LogP contribution in [0, 0.1) is 10.1 Å². The number of nitrogens with zero attached hydrogens (tertiary/aromatic N) is 1. The smallest absolute Gasteiger partial charge is 0.270 e. The maximum absolute atomic E-state index is 12.5. The third kappa shape index (κ3) is 2.29. The first-order valence-corrected chi connectivity index (χ1v) is 6.71. The van der Waals surface area contributed by atoms with E-state index in [0.717, 1.165) is 0 Å². The molecular formula is C15H10ClN3O3. The molecule has 0 saturated heterocycles. The Hall–Kier alpha value is -2.86. The number of non-ortho nitro benzene ring substituents is 1. The average molecular weight is 316 g/mol. The number of nitrogens with two attached hydrogens (primary N) is 1. The van der Waals surface area contributed by atoms with Gasteiger partial charge in [-0.15, -0.1) is 0 Å². The van der Waals surface area contributed by atoms with Crippen LogP contribution in [0.4, 0.5) is 11.4 Å². The van der Waals surface area contributed by atoms with Crippen molar-refractivity contribution in [2.24, 2.45) is 0 Å². The predicted molar refractivity (Wildman–Crippen MR) is 84.3 cm³/mol. The minimum Gasteiger partial charge on any atom is -0.396 e. The van der Waals surface area contributed by atoms with E-state index in [0.29, 0.717) is 21.5 Å². The second kappa shape index (κ2) is 5.16. The van der Waals surface area contributed by atoms with Gasteiger partial charge in [0.2, 0.25) is 5.78 Å². The molecule has 0 saturated carbocycles. The summed E-state index contributed by atoms with van der Waals surface area (Å²) in [5.41, 5.74) is 7.22. The zero-order valence-electron chi connectivity index (χ0n) is 11.2. The Bertz CT molecular complexity index is 918. The number of aromatic nitrogens is 1. The highest BCUT2D eigenvalue weighted by Crippen LogP contribution is 2.30. The number of benzene rings is 2. The molecule has 1 aromatic heterocycles. The molecule has 0 radical (unpaired) electrons. The van der Waals surface area contributed by atoms with Gasteiger partial charge in [0.15, 0.2) is 0 Å². The monoisotopic (exact) mass is 315 g/mol. The number of nitrogen functional groups attached to an aromatic ring is 1. The van der Waals surface area contributed by atoms with Gasteiger partial charge in [0.05, 0.1) is 10.6 Å². The fourth-order valence-electron chi connectivity index (χ4n) is 2.27. The number of hydrogen-bond acceptors (Lipinski definition) is 4. The molecule has 0 unspecified atom stereocenters. The van der Waals surface area contributed by atoms with Gasteiger partial charge in [0.25, 0.3) is 5.69 Å². The maximum atomic E-state index is 12.5. The topological polar surface area (TPSA) is 102 Å². The molecule has 0 spiro atoms. The Morgan fingerprint density at radius 2 is 2.00 bits per heavy atom. The van der Waals surface area contributed by atoms with Gasteiger partial charge >= 0.3 is 0 Å². The highest BCUT2D eigenvalue weighted by molar-refractivity contribution is 6.31. The number of carbonyl (C=O) groups is 1. The van der Waals surface area contributed by atoms with Gasteiger partial charge < -0.3 is 10.7 Å². The number of anilines is 1. The molecule has 22 heavy (non-hydrogen) atoms. The highest BCUT2D eigenvalue weighted by atomic mass is 35.5. The van der Waals surface area contributed by atoms with E-state index < -0.39 is 4.92 Å². The second-order valence-corrected chi connectivity index (χ2v) is 5.18. The third-order valence-corrected chi connectivity index (χ3v) is 3.58. The summed E-state index contributed by atoms with van der Waals surface area (Å²) in [5.74, 6) is -0.321.